The molecule has 0 radical (unpaired) electrons. The molecule has 3 rings (SSSR count). The van der Waals surface area contributed by atoms with Crippen molar-refractivity contribution in [2.45, 2.75) is 6.42 Å². The molecule has 0 aliphatic carbocycles. The summed E-state index contributed by atoms with van der Waals surface area (Å²) < 4.78 is 0. The number of hydrogen-bond acceptors (Lipinski definition) is 2. The maximum Gasteiger partial charge on any atom is 0.229 e. The van der Waals surface area contributed by atoms with Gasteiger partial charge in [0.2, 0.25) is 5.91 Å². The van der Waals surface area contributed by atoms with Crippen molar-refractivity contribution in [1.82, 2.24) is 4.98 Å². The molecule has 0 aliphatic rings. The van der Waals surface area contributed by atoms with Gasteiger partial charge in [-0.15, -0.1) is 11.3 Å². The molecule has 0 atom stereocenters. The summed E-state index contributed by atoms with van der Waals surface area (Å²) in [5.74, 6) is 0.0207. The van der Waals surface area contributed by atoms with Crippen LogP contribution in [0.4, 0.5) is 5.69 Å². The zero-order chi connectivity index (χ0) is 12.4. The van der Waals surface area contributed by atoms with E-state index in [-0.39, 0.29) is 5.91 Å². The molecular weight excluding hydrogens is 244 g/mol. The van der Waals surface area contributed by atoms with E-state index in [9.17, 15) is 4.79 Å². The number of fused-ring (bicyclic) bond motifs is 1. The van der Waals surface area contributed by atoms with Gasteiger partial charge >= 0.3 is 0 Å². The fraction of sp³-hybridized carbons (Fsp3) is 0.0714. The number of anilines is 1. The van der Waals surface area contributed by atoms with Crippen molar-refractivity contribution in [1.29, 1.82) is 0 Å². The van der Waals surface area contributed by atoms with Crippen LogP contribution >= 0.6 is 11.3 Å². The van der Waals surface area contributed by atoms with Crippen LogP contribution in [0.25, 0.3) is 10.9 Å². The first-order valence-electron chi connectivity index (χ1n) is 5.71. The minimum atomic E-state index is 0.0207. The maximum atomic E-state index is 11.8. The summed E-state index contributed by atoms with van der Waals surface area (Å²) >= 11 is 1.60. The van der Waals surface area contributed by atoms with Crippen molar-refractivity contribution >= 4 is 33.8 Å². The molecule has 0 saturated carbocycles. The summed E-state index contributed by atoms with van der Waals surface area (Å²) in [6.07, 6.45) is 2.32. The number of benzene rings is 1. The zero-order valence-electron chi connectivity index (χ0n) is 9.64. The van der Waals surface area contributed by atoms with E-state index in [0.717, 1.165) is 21.5 Å². The van der Waals surface area contributed by atoms with Crippen LogP contribution < -0.4 is 5.32 Å². The first-order valence-corrected chi connectivity index (χ1v) is 6.58. The van der Waals surface area contributed by atoms with Crippen molar-refractivity contribution in [3.05, 3.63) is 52.9 Å². The second-order valence-corrected chi connectivity index (χ2v) is 5.12. The van der Waals surface area contributed by atoms with Crippen LogP contribution in [-0.4, -0.2) is 10.9 Å². The first-order chi connectivity index (χ1) is 8.81. The number of nitrogens with one attached hydrogen (secondary N) is 2. The van der Waals surface area contributed by atoms with Crippen molar-refractivity contribution < 1.29 is 4.79 Å². The zero-order valence-corrected chi connectivity index (χ0v) is 10.5. The van der Waals surface area contributed by atoms with Gasteiger partial charge in [-0.3, -0.25) is 4.79 Å². The van der Waals surface area contributed by atoms with Crippen molar-refractivity contribution in [2.75, 3.05) is 5.32 Å². The normalized spacial score (nSPS) is 10.7. The molecule has 2 N–H and O–H groups in total. The molecule has 0 spiro atoms. The lowest BCUT2D eigenvalue weighted by molar-refractivity contribution is -0.115. The fourth-order valence-electron chi connectivity index (χ4n) is 1.91. The molecule has 4 heteroatoms. The summed E-state index contributed by atoms with van der Waals surface area (Å²) in [6.45, 7) is 0. The monoisotopic (exact) mass is 256 g/mol. The number of amides is 1. The molecule has 2 heterocycles. The van der Waals surface area contributed by atoms with Crippen molar-refractivity contribution in [3.63, 3.8) is 0 Å². The molecule has 3 aromatic rings. The van der Waals surface area contributed by atoms with Crippen molar-refractivity contribution in [2.24, 2.45) is 0 Å². The van der Waals surface area contributed by atoms with E-state index in [4.69, 9.17) is 0 Å². The van der Waals surface area contributed by atoms with E-state index in [1.54, 1.807) is 11.3 Å². The number of aromatic amines is 1. The predicted molar refractivity (Wildman–Crippen MR) is 75.0 cm³/mol. The lowest BCUT2D eigenvalue weighted by Gasteiger charge is -2.04. The minimum Gasteiger partial charge on any atom is -0.361 e. The first kappa shape index (κ1) is 11.0. The quantitative estimate of drug-likeness (QED) is 0.741. The third-order valence-electron chi connectivity index (χ3n) is 2.75. The molecular formula is C14H12N2OS. The average molecular weight is 256 g/mol. The van der Waals surface area contributed by atoms with Gasteiger partial charge in [0.1, 0.15) is 0 Å². The summed E-state index contributed by atoms with van der Waals surface area (Å²) in [5, 5.41) is 6.00. The predicted octanol–water partition coefficient (Wildman–Crippen LogP) is 3.41. The van der Waals surface area contributed by atoms with Gasteiger partial charge < -0.3 is 10.3 Å². The molecule has 90 valence electrons. The molecule has 1 aromatic carbocycles. The van der Waals surface area contributed by atoms with Gasteiger partial charge in [0, 0.05) is 27.7 Å². The number of aromatic nitrogens is 1. The summed E-state index contributed by atoms with van der Waals surface area (Å²) in [7, 11) is 0. The van der Waals surface area contributed by atoms with Gasteiger partial charge in [-0.25, -0.2) is 0 Å². The molecule has 0 bridgehead atoms. The standard InChI is InChI=1S/C14H12N2OS/c17-14(9-12-2-1-7-18-12)16-11-3-4-13-10(8-11)5-6-15-13/h1-8,15H,9H2,(H,16,17). The summed E-state index contributed by atoms with van der Waals surface area (Å²) in [4.78, 5) is 16.0. The largest absolute Gasteiger partial charge is 0.361 e. The van der Waals surface area contributed by atoms with Gasteiger partial charge in [0.25, 0.3) is 0 Å². The molecule has 0 unspecified atom stereocenters. The second kappa shape index (κ2) is 4.66. The van der Waals surface area contributed by atoms with E-state index in [2.05, 4.69) is 10.3 Å². The average Bonchev–Trinajstić information content (AvgIpc) is 2.98. The molecule has 0 aliphatic heterocycles. The van der Waals surface area contributed by atoms with E-state index in [1.165, 1.54) is 0 Å². The van der Waals surface area contributed by atoms with Crippen LogP contribution in [0, 0.1) is 0 Å². The highest BCUT2D eigenvalue weighted by atomic mass is 32.1. The number of rotatable bonds is 3. The van der Waals surface area contributed by atoms with Gasteiger partial charge in [0.05, 0.1) is 6.42 Å². The van der Waals surface area contributed by atoms with Crippen LogP contribution in [0.5, 0.6) is 0 Å². The highest BCUT2D eigenvalue weighted by molar-refractivity contribution is 7.10. The topological polar surface area (TPSA) is 44.9 Å². The van der Waals surface area contributed by atoms with Gasteiger partial charge in [-0.2, -0.15) is 0 Å². The third kappa shape index (κ3) is 2.28. The second-order valence-electron chi connectivity index (χ2n) is 4.08. The van der Waals surface area contributed by atoms with E-state index < -0.39 is 0 Å². The van der Waals surface area contributed by atoms with Gasteiger partial charge in [-0.05, 0) is 35.7 Å². The van der Waals surface area contributed by atoms with Gasteiger partial charge in [-0.1, -0.05) is 6.07 Å². The van der Waals surface area contributed by atoms with Crippen molar-refractivity contribution in [3.8, 4) is 0 Å². The highest BCUT2D eigenvalue weighted by Crippen LogP contribution is 2.18. The van der Waals surface area contributed by atoms with E-state index >= 15 is 0 Å². The third-order valence-corrected chi connectivity index (χ3v) is 3.63. The Morgan fingerprint density at radius 2 is 2.22 bits per heavy atom. The Kier molecular flexibility index (Phi) is 2.86. The Morgan fingerprint density at radius 3 is 3.06 bits per heavy atom. The maximum absolute atomic E-state index is 11.8. The number of carbonyl (C=O) groups excluding carboxylic acids is 1. The SMILES string of the molecule is O=C(Cc1cccs1)Nc1ccc2[nH]ccc2c1. The number of H-pyrrole nitrogens is 1. The Morgan fingerprint density at radius 1 is 1.28 bits per heavy atom. The summed E-state index contributed by atoms with van der Waals surface area (Å²) in [5.41, 5.74) is 1.91. The molecule has 18 heavy (non-hydrogen) atoms. The Balaban J connectivity index is 1.73. The van der Waals surface area contributed by atoms with Crippen LogP contribution in [0.3, 0.4) is 0 Å². The van der Waals surface area contributed by atoms with Crippen LogP contribution in [0.2, 0.25) is 0 Å². The smallest absolute Gasteiger partial charge is 0.229 e. The van der Waals surface area contributed by atoms with Crippen LogP contribution in [0.1, 0.15) is 4.88 Å². The Labute approximate surface area is 108 Å². The summed E-state index contributed by atoms with van der Waals surface area (Å²) in [6, 6.07) is 11.8. The van der Waals surface area contributed by atoms with Crippen LogP contribution in [0.15, 0.2) is 48.0 Å². The lowest BCUT2D eigenvalue weighted by atomic mass is 10.2. The van der Waals surface area contributed by atoms with E-state index in [1.807, 2.05) is 48.0 Å². The van der Waals surface area contributed by atoms with E-state index in [0.29, 0.717) is 6.42 Å². The number of carbonyl (C=O) groups is 1. The molecule has 3 nitrogen and oxygen atoms in total. The minimum absolute atomic E-state index is 0.0207. The van der Waals surface area contributed by atoms with Gasteiger partial charge in [0.15, 0.2) is 0 Å². The lowest BCUT2D eigenvalue weighted by Crippen LogP contribution is -2.13. The van der Waals surface area contributed by atoms with Crippen LogP contribution in [-0.2, 0) is 11.2 Å². The Hall–Kier alpha value is -2.07. The fourth-order valence-corrected chi connectivity index (χ4v) is 2.61. The molecule has 0 saturated heterocycles. The number of thiophene rings is 1. The molecule has 0 fully saturated rings. The number of hydrogen-bond donors (Lipinski definition) is 2. The molecule has 2 aromatic heterocycles. The highest BCUT2D eigenvalue weighted by Gasteiger charge is 2.05. The Bertz CT molecular complexity index is 670. The molecule has 1 amide bonds.